The minimum absolute atomic E-state index is 0.124. The van der Waals surface area contributed by atoms with Gasteiger partial charge in [-0.3, -0.25) is 9.09 Å². The third-order valence-electron chi connectivity index (χ3n) is 3.52. The first-order valence-corrected chi connectivity index (χ1v) is 12.6. The van der Waals surface area contributed by atoms with E-state index in [1.54, 1.807) is 0 Å². The van der Waals surface area contributed by atoms with E-state index in [1.807, 2.05) is 0 Å². The largest absolute Gasteiger partial charge is 0.490 e. The van der Waals surface area contributed by atoms with Crippen LogP contribution in [0.5, 0.6) is 0 Å². The van der Waals surface area contributed by atoms with E-state index in [1.165, 1.54) is 6.07 Å². The second-order valence-electron chi connectivity index (χ2n) is 5.95. The molecule has 0 saturated carbocycles. The maximum absolute atomic E-state index is 14.5. The van der Waals surface area contributed by atoms with Crippen LogP contribution in [0, 0.1) is 0 Å². The predicted molar refractivity (Wildman–Crippen MR) is 95.8 cm³/mol. The van der Waals surface area contributed by atoms with Crippen molar-refractivity contribution < 1.29 is 55.5 Å². The monoisotopic (exact) mass is 517 g/mol. The van der Waals surface area contributed by atoms with Crippen molar-refractivity contribution >= 4 is 40.9 Å². The molecule has 20 heteroatoms. The number of phosphoric ester groups is 1. The molecule has 2 heterocycles. The molecule has 2 rings (SSSR count). The van der Waals surface area contributed by atoms with Gasteiger partial charge in [0.1, 0.15) is 17.6 Å². The number of aromatic nitrogens is 2. The fourth-order valence-electron chi connectivity index (χ4n) is 2.40. The standard InChI is InChI=1S/C10H16ClFN3O12P3/c11-4-10(5-24-29(20,21)27-30(22,23)26-28(17,18)19)3-6(12)8(25-10)15-2-1-7(13)14-9(15)16/h1-2,6,8H,3-5H2,(H,20,21)(H,22,23)(H2,13,14,16)(H2,17,18,19)/t6-,8-,10-/m1/s1. The van der Waals surface area contributed by atoms with Crippen LogP contribution in [0.2, 0.25) is 0 Å². The van der Waals surface area contributed by atoms with Crippen molar-refractivity contribution in [3.8, 4) is 0 Å². The van der Waals surface area contributed by atoms with Crippen molar-refractivity contribution in [1.29, 1.82) is 0 Å². The molecule has 1 fully saturated rings. The average molecular weight is 518 g/mol. The summed E-state index contributed by atoms with van der Waals surface area (Å²) in [6.07, 6.45) is -2.83. The molecular formula is C10H16ClFN3O12P3. The number of halogens is 2. The Morgan fingerprint density at radius 1 is 1.30 bits per heavy atom. The van der Waals surface area contributed by atoms with Crippen LogP contribution in [0.4, 0.5) is 10.2 Å². The number of hydrogen-bond donors (Lipinski definition) is 5. The molecule has 0 aromatic carbocycles. The molecule has 1 aromatic rings. The molecule has 0 spiro atoms. The molecular weight excluding hydrogens is 501 g/mol. The Morgan fingerprint density at radius 3 is 2.47 bits per heavy atom. The van der Waals surface area contributed by atoms with Crippen LogP contribution in [-0.4, -0.2) is 53.4 Å². The van der Waals surface area contributed by atoms with Crippen LogP contribution in [0.3, 0.4) is 0 Å². The van der Waals surface area contributed by atoms with Crippen LogP contribution < -0.4 is 11.4 Å². The van der Waals surface area contributed by atoms with Gasteiger partial charge in [0, 0.05) is 12.6 Å². The lowest BCUT2D eigenvalue weighted by Gasteiger charge is -2.27. The molecule has 15 nitrogen and oxygen atoms in total. The van der Waals surface area contributed by atoms with Gasteiger partial charge >= 0.3 is 29.2 Å². The van der Waals surface area contributed by atoms with E-state index in [-0.39, 0.29) is 5.82 Å². The minimum atomic E-state index is -5.73. The lowest BCUT2D eigenvalue weighted by Crippen LogP contribution is -2.37. The number of alkyl halides is 2. The van der Waals surface area contributed by atoms with E-state index in [2.05, 4.69) is 18.1 Å². The van der Waals surface area contributed by atoms with Gasteiger partial charge in [-0.25, -0.2) is 22.9 Å². The molecule has 30 heavy (non-hydrogen) atoms. The summed E-state index contributed by atoms with van der Waals surface area (Å²) in [4.78, 5) is 50.9. The van der Waals surface area contributed by atoms with Crippen molar-refractivity contribution in [1.82, 2.24) is 9.55 Å². The summed E-state index contributed by atoms with van der Waals surface area (Å²) in [6, 6.07) is 1.20. The van der Waals surface area contributed by atoms with Crippen molar-refractivity contribution in [2.45, 2.75) is 24.4 Å². The van der Waals surface area contributed by atoms with E-state index in [0.717, 1.165) is 10.8 Å². The maximum Gasteiger partial charge on any atom is 0.490 e. The quantitative estimate of drug-likeness (QED) is 0.220. The summed E-state index contributed by atoms with van der Waals surface area (Å²) in [5.41, 5.74) is 2.61. The molecule has 1 aliphatic heterocycles. The topological polar surface area (TPSA) is 230 Å². The number of nitrogen functional groups attached to an aromatic ring is 1. The second kappa shape index (κ2) is 9.02. The zero-order chi connectivity index (χ0) is 23.0. The summed E-state index contributed by atoms with van der Waals surface area (Å²) in [7, 11) is -16.8. The molecule has 2 unspecified atom stereocenters. The smallest absolute Gasteiger partial charge is 0.383 e. The molecule has 0 aliphatic carbocycles. The fraction of sp³-hybridized carbons (Fsp3) is 0.600. The number of phosphoric acid groups is 3. The Hall–Kier alpha value is -0.730. The first-order valence-electron chi connectivity index (χ1n) is 7.58. The van der Waals surface area contributed by atoms with Gasteiger partial charge in [0.25, 0.3) is 0 Å². The van der Waals surface area contributed by atoms with E-state index >= 15 is 0 Å². The second-order valence-corrected chi connectivity index (χ2v) is 10.6. The Morgan fingerprint density at radius 2 is 1.93 bits per heavy atom. The summed E-state index contributed by atoms with van der Waals surface area (Å²) in [5.74, 6) is -0.641. The zero-order valence-corrected chi connectivity index (χ0v) is 18.0. The summed E-state index contributed by atoms with van der Waals surface area (Å²) >= 11 is 5.76. The third-order valence-corrected chi connectivity index (χ3v) is 7.79. The average Bonchev–Trinajstić information content (AvgIpc) is 2.87. The van der Waals surface area contributed by atoms with Crippen molar-refractivity contribution in [2.24, 2.45) is 0 Å². The normalized spacial score (nSPS) is 28.7. The van der Waals surface area contributed by atoms with Gasteiger partial charge in [-0.15, -0.1) is 11.6 Å². The number of anilines is 1. The molecule has 0 amide bonds. The van der Waals surface area contributed by atoms with Crippen LogP contribution in [-0.2, 0) is 31.6 Å². The molecule has 1 aliphatic rings. The van der Waals surface area contributed by atoms with Gasteiger partial charge in [-0.05, 0) is 6.07 Å². The Balaban J connectivity index is 2.12. The van der Waals surface area contributed by atoms with E-state index in [0.29, 0.717) is 0 Å². The number of hydrogen-bond acceptors (Lipinski definition) is 10. The molecule has 6 N–H and O–H groups in total. The van der Waals surface area contributed by atoms with Gasteiger partial charge in [0.15, 0.2) is 6.23 Å². The van der Waals surface area contributed by atoms with Crippen LogP contribution in [0.25, 0.3) is 0 Å². The van der Waals surface area contributed by atoms with Gasteiger partial charge in [0.05, 0.1) is 12.5 Å². The molecule has 1 saturated heterocycles. The summed E-state index contributed by atoms with van der Waals surface area (Å²) in [6.45, 7) is -0.978. The first kappa shape index (κ1) is 25.5. The third kappa shape index (κ3) is 6.89. The lowest BCUT2D eigenvalue weighted by molar-refractivity contribution is -0.0916. The molecule has 0 bridgehead atoms. The Labute approximate surface area is 172 Å². The number of ether oxygens (including phenoxy) is 1. The van der Waals surface area contributed by atoms with Crippen LogP contribution in [0.1, 0.15) is 12.6 Å². The van der Waals surface area contributed by atoms with Crippen molar-refractivity contribution in [3.05, 3.63) is 22.7 Å². The number of nitrogens with two attached hydrogens (primary N) is 1. The van der Waals surface area contributed by atoms with Crippen molar-refractivity contribution in [3.63, 3.8) is 0 Å². The Kier molecular flexibility index (Phi) is 7.68. The SMILES string of the molecule is Nc1ccn([C@@H]2O[C@](CCl)(COP(=O)(O)OP(=O)(O)OP(=O)(O)O)C[C@H]2F)c(=O)n1. The number of nitrogens with zero attached hydrogens (tertiary/aromatic N) is 2. The highest BCUT2D eigenvalue weighted by molar-refractivity contribution is 7.66. The zero-order valence-electron chi connectivity index (χ0n) is 14.6. The summed E-state index contributed by atoms with van der Waals surface area (Å²) < 4.78 is 66.0. The van der Waals surface area contributed by atoms with Crippen molar-refractivity contribution in [2.75, 3.05) is 18.2 Å². The first-order chi connectivity index (χ1) is 13.6. The van der Waals surface area contributed by atoms with Gasteiger partial charge in [-0.1, -0.05) is 0 Å². The molecule has 172 valence electrons. The van der Waals surface area contributed by atoms with E-state index in [4.69, 9.17) is 36.8 Å². The highest BCUT2D eigenvalue weighted by Gasteiger charge is 2.50. The van der Waals surface area contributed by atoms with Gasteiger partial charge in [0.2, 0.25) is 0 Å². The lowest BCUT2D eigenvalue weighted by atomic mass is 10.0. The van der Waals surface area contributed by atoms with Gasteiger partial charge in [-0.2, -0.15) is 13.6 Å². The molecule has 1 aromatic heterocycles. The Bertz CT molecular complexity index is 988. The fourth-order valence-corrected chi connectivity index (χ4v) is 5.75. The predicted octanol–water partition coefficient (Wildman–Crippen LogP) is 0.403. The minimum Gasteiger partial charge on any atom is -0.383 e. The summed E-state index contributed by atoms with van der Waals surface area (Å²) in [5, 5.41) is 0. The molecule has 0 radical (unpaired) electrons. The number of rotatable bonds is 9. The highest BCUT2D eigenvalue weighted by atomic mass is 35.5. The van der Waals surface area contributed by atoms with Crippen LogP contribution in [0.15, 0.2) is 17.1 Å². The van der Waals surface area contributed by atoms with Gasteiger partial charge < -0.3 is 30.0 Å². The maximum atomic E-state index is 14.5. The van der Waals surface area contributed by atoms with E-state index in [9.17, 15) is 27.8 Å². The van der Waals surface area contributed by atoms with E-state index < -0.39 is 66.1 Å². The molecule has 5 atom stereocenters. The van der Waals surface area contributed by atoms with Crippen LogP contribution >= 0.6 is 35.1 Å². The highest BCUT2D eigenvalue weighted by Crippen LogP contribution is 2.66.